The molecule has 0 saturated heterocycles. The van der Waals surface area contributed by atoms with Crippen LogP contribution in [0.2, 0.25) is 0 Å². The molecule has 5 nitrogen and oxygen atoms in total. The Labute approximate surface area is 89.0 Å². The van der Waals surface area contributed by atoms with Crippen molar-refractivity contribution in [2.45, 2.75) is 18.6 Å². The molecule has 2 unspecified atom stereocenters. The van der Waals surface area contributed by atoms with Gasteiger partial charge in [0.1, 0.15) is 6.10 Å². The lowest BCUT2D eigenvalue weighted by atomic mass is 10.0. The van der Waals surface area contributed by atoms with E-state index in [4.69, 9.17) is 5.11 Å². The fourth-order valence-electron chi connectivity index (χ4n) is 1.14. The van der Waals surface area contributed by atoms with Gasteiger partial charge in [0.15, 0.2) is 0 Å². The molecule has 0 aromatic carbocycles. The van der Waals surface area contributed by atoms with Crippen molar-refractivity contribution in [2.24, 2.45) is 0 Å². The van der Waals surface area contributed by atoms with Crippen LogP contribution in [0.5, 0.6) is 0 Å². The highest BCUT2D eigenvalue weighted by atomic mass is 19.1. The largest absolute Gasteiger partial charge is 0.481 e. The lowest BCUT2D eigenvalue weighted by molar-refractivity contribution is -0.141. The Bertz CT molecular complexity index is 399. The Kier molecular flexibility index (Phi) is 3.86. The number of rotatable bonds is 4. The average Bonchev–Trinajstić information content (AvgIpc) is 2.15. The van der Waals surface area contributed by atoms with Crippen molar-refractivity contribution >= 4 is 5.97 Å². The van der Waals surface area contributed by atoms with Gasteiger partial charge in [0.2, 0.25) is 11.9 Å². The fraction of sp³-hybridized carbons (Fsp3) is 0.333. The summed E-state index contributed by atoms with van der Waals surface area (Å²) >= 11 is 0. The summed E-state index contributed by atoms with van der Waals surface area (Å²) in [6.45, 7) is 0. The smallest absolute Gasteiger partial charge is 0.306 e. The van der Waals surface area contributed by atoms with Crippen LogP contribution in [0, 0.1) is 11.9 Å². The number of aliphatic hydroxyl groups is 2. The third kappa shape index (κ3) is 2.94. The van der Waals surface area contributed by atoms with Crippen molar-refractivity contribution in [3.8, 4) is 0 Å². The lowest BCUT2D eigenvalue weighted by Gasteiger charge is -2.16. The standard InChI is InChI=1S/C9H9F2NO4/c10-6-2-1-4(9(11)12-6)8(16)5(13)3-7(14)15/h1-2,5,8,13,16H,3H2,(H,14,15). The molecule has 7 heteroatoms. The van der Waals surface area contributed by atoms with Gasteiger partial charge in [0, 0.05) is 5.56 Å². The minimum atomic E-state index is -1.76. The van der Waals surface area contributed by atoms with Crippen LogP contribution in [0.4, 0.5) is 8.78 Å². The van der Waals surface area contributed by atoms with Crippen molar-refractivity contribution in [2.75, 3.05) is 0 Å². The first-order valence-corrected chi connectivity index (χ1v) is 4.31. The topological polar surface area (TPSA) is 90.7 Å². The Morgan fingerprint density at radius 2 is 2.00 bits per heavy atom. The summed E-state index contributed by atoms with van der Waals surface area (Å²) < 4.78 is 25.5. The van der Waals surface area contributed by atoms with Gasteiger partial charge in [-0.1, -0.05) is 0 Å². The van der Waals surface area contributed by atoms with E-state index in [1.807, 2.05) is 0 Å². The molecule has 1 aromatic rings. The Hall–Kier alpha value is -1.60. The van der Waals surface area contributed by atoms with Crippen LogP contribution in [0.3, 0.4) is 0 Å². The Balaban J connectivity index is 2.87. The number of carbonyl (C=O) groups is 1. The quantitative estimate of drug-likeness (QED) is 0.647. The van der Waals surface area contributed by atoms with E-state index in [1.165, 1.54) is 0 Å². The molecule has 3 N–H and O–H groups in total. The van der Waals surface area contributed by atoms with Gasteiger partial charge in [-0.15, -0.1) is 0 Å². The maximum Gasteiger partial charge on any atom is 0.306 e. The number of carboxylic acids is 1. The molecule has 16 heavy (non-hydrogen) atoms. The first-order chi connectivity index (χ1) is 7.41. The zero-order valence-corrected chi connectivity index (χ0v) is 7.97. The molecule has 0 amide bonds. The van der Waals surface area contributed by atoms with Crippen LogP contribution in [-0.2, 0) is 4.79 Å². The molecule has 0 aliphatic rings. The SMILES string of the molecule is O=C(O)CC(O)C(O)c1ccc(F)nc1F. The highest BCUT2D eigenvalue weighted by molar-refractivity contribution is 5.67. The summed E-state index contributed by atoms with van der Waals surface area (Å²) in [6.07, 6.45) is -4.19. The molecule has 1 rings (SSSR count). The summed E-state index contributed by atoms with van der Waals surface area (Å²) in [5, 5.41) is 27.0. The van der Waals surface area contributed by atoms with Gasteiger partial charge in [-0.2, -0.15) is 13.8 Å². The zero-order chi connectivity index (χ0) is 12.3. The van der Waals surface area contributed by atoms with E-state index in [9.17, 15) is 23.8 Å². The third-order valence-electron chi connectivity index (χ3n) is 1.91. The number of nitrogens with zero attached hydrogens (tertiary/aromatic N) is 1. The molecule has 0 aliphatic heterocycles. The van der Waals surface area contributed by atoms with Crippen LogP contribution < -0.4 is 0 Å². The summed E-state index contributed by atoms with van der Waals surface area (Å²) in [5.41, 5.74) is -0.449. The monoisotopic (exact) mass is 233 g/mol. The summed E-state index contributed by atoms with van der Waals surface area (Å²) in [4.78, 5) is 13.0. The fourth-order valence-corrected chi connectivity index (χ4v) is 1.14. The van der Waals surface area contributed by atoms with Gasteiger partial charge in [-0.3, -0.25) is 4.79 Å². The maximum absolute atomic E-state index is 13.0. The second-order valence-electron chi connectivity index (χ2n) is 3.12. The second-order valence-corrected chi connectivity index (χ2v) is 3.12. The molecule has 1 aromatic heterocycles. The highest BCUT2D eigenvalue weighted by Gasteiger charge is 2.24. The van der Waals surface area contributed by atoms with Gasteiger partial charge in [-0.25, -0.2) is 0 Å². The number of hydrogen-bond donors (Lipinski definition) is 3. The number of aliphatic carboxylic acids is 1. The number of aromatic nitrogens is 1. The molecule has 88 valence electrons. The second kappa shape index (κ2) is 4.95. The first-order valence-electron chi connectivity index (χ1n) is 4.31. The van der Waals surface area contributed by atoms with Crippen LogP contribution >= 0.6 is 0 Å². The molecule has 1 heterocycles. The van der Waals surface area contributed by atoms with E-state index in [2.05, 4.69) is 4.98 Å². The molecule has 2 atom stereocenters. The Morgan fingerprint density at radius 3 is 2.50 bits per heavy atom. The maximum atomic E-state index is 13.0. The summed E-state index contributed by atoms with van der Waals surface area (Å²) in [7, 11) is 0. The van der Waals surface area contributed by atoms with Crippen molar-refractivity contribution in [1.29, 1.82) is 0 Å². The summed E-state index contributed by atoms with van der Waals surface area (Å²) in [5.74, 6) is -3.69. The van der Waals surface area contributed by atoms with Gasteiger partial charge in [0.05, 0.1) is 12.5 Å². The van der Waals surface area contributed by atoms with Gasteiger partial charge >= 0.3 is 5.97 Å². The molecule has 0 aliphatic carbocycles. The van der Waals surface area contributed by atoms with Crippen LogP contribution in [0.25, 0.3) is 0 Å². The van der Waals surface area contributed by atoms with Gasteiger partial charge < -0.3 is 15.3 Å². The molecule has 0 saturated carbocycles. The van der Waals surface area contributed by atoms with Crippen molar-refractivity contribution < 1.29 is 28.9 Å². The van der Waals surface area contributed by atoms with E-state index < -0.39 is 42.1 Å². The molecular formula is C9H9F2NO4. The van der Waals surface area contributed by atoms with E-state index in [-0.39, 0.29) is 0 Å². The van der Waals surface area contributed by atoms with Gasteiger partial charge in [-0.05, 0) is 12.1 Å². The van der Waals surface area contributed by atoms with E-state index in [0.29, 0.717) is 0 Å². The summed E-state index contributed by atoms with van der Waals surface area (Å²) in [6, 6.07) is 1.70. The first kappa shape index (κ1) is 12.5. The van der Waals surface area contributed by atoms with E-state index in [1.54, 1.807) is 0 Å². The van der Waals surface area contributed by atoms with E-state index >= 15 is 0 Å². The third-order valence-corrected chi connectivity index (χ3v) is 1.91. The number of carboxylic acid groups (broad SMARTS) is 1. The van der Waals surface area contributed by atoms with E-state index in [0.717, 1.165) is 12.1 Å². The lowest BCUT2D eigenvalue weighted by Crippen LogP contribution is -2.23. The Morgan fingerprint density at radius 1 is 1.38 bits per heavy atom. The number of halogens is 2. The zero-order valence-electron chi connectivity index (χ0n) is 7.97. The number of hydrogen-bond acceptors (Lipinski definition) is 4. The predicted molar refractivity (Wildman–Crippen MR) is 47.4 cm³/mol. The van der Waals surface area contributed by atoms with Gasteiger partial charge in [0.25, 0.3) is 0 Å². The average molecular weight is 233 g/mol. The molecule has 0 radical (unpaired) electrons. The number of aliphatic hydroxyl groups excluding tert-OH is 2. The van der Waals surface area contributed by atoms with Crippen molar-refractivity contribution in [1.82, 2.24) is 4.98 Å². The number of pyridine rings is 1. The minimum absolute atomic E-state index is 0.449. The minimum Gasteiger partial charge on any atom is -0.481 e. The predicted octanol–water partition coefficient (Wildman–Crippen LogP) is 0.229. The van der Waals surface area contributed by atoms with Crippen LogP contribution in [-0.4, -0.2) is 32.4 Å². The van der Waals surface area contributed by atoms with Crippen LogP contribution in [0.15, 0.2) is 12.1 Å². The molecular weight excluding hydrogens is 224 g/mol. The molecule has 0 spiro atoms. The molecule has 0 fully saturated rings. The highest BCUT2D eigenvalue weighted by Crippen LogP contribution is 2.20. The van der Waals surface area contributed by atoms with Crippen molar-refractivity contribution in [3.63, 3.8) is 0 Å². The van der Waals surface area contributed by atoms with Crippen LogP contribution in [0.1, 0.15) is 18.1 Å². The molecule has 0 bridgehead atoms. The normalized spacial score (nSPS) is 14.5. The van der Waals surface area contributed by atoms with Crippen molar-refractivity contribution in [3.05, 3.63) is 29.6 Å².